The minimum absolute atomic E-state index is 0.0228. The summed E-state index contributed by atoms with van der Waals surface area (Å²) in [5.74, 6) is -0.231. The third-order valence-electron chi connectivity index (χ3n) is 3.44. The van der Waals surface area contributed by atoms with Crippen molar-refractivity contribution in [2.24, 2.45) is 5.92 Å². The molecule has 0 aliphatic rings. The van der Waals surface area contributed by atoms with Crippen molar-refractivity contribution in [1.29, 1.82) is 0 Å². The van der Waals surface area contributed by atoms with Crippen molar-refractivity contribution in [2.75, 3.05) is 7.05 Å². The van der Waals surface area contributed by atoms with E-state index in [0.717, 1.165) is 6.07 Å². The highest BCUT2D eigenvalue weighted by Gasteiger charge is 2.33. The number of hydrogen-bond donors (Lipinski definition) is 0. The minimum Gasteiger partial charge on any atom is -0.341 e. The molecule has 1 aromatic rings. The van der Waals surface area contributed by atoms with E-state index in [2.05, 4.69) is 0 Å². The van der Waals surface area contributed by atoms with Gasteiger partial charge in [-0.05, 0) is 24.5 Å². The van der Waals surface area contributed by atoms with E-state index in [1.54, 1.807) is 13.1 Å². The molecular weight excluding hydrogens is 267 g/mol. The number of benzene rings is 1. The van der Waals surface area contributed by atoms with E-state index < -0.39 is 11.7 Å². The maximum Gasteiger partial charge on any atom is 0.416 e. The molecule has 20 heavy (non-hydrogen) atoms. The highest BCUT2D eigenvalue weighted by atomic mass is 19.4. The molecular formula is C15H20F3NO. The number of rotatable bonds is 5. The zero-order valence-corrected chi connectivity index (χ0v) is 12.0. The third-order valence-corrected chi connectivity index (χ3v) is 3.44. The van der Waals surface area contributed by atoms with Gasteiger partial charge in [-0.2, -0.15) is 13.2 Å². The van der Waals surface area contributed by atoms with Gasteiger partial charge in [-0.3, -0.25) is 4.79 Å². The summed E-state index contributed by atoms with van der Waals surface area (Å²) < 4.78 is 38.7. The Balaban J connectivity index is 2.91. The number of alkyl halides is 3. The summed E-state index contributed by atoms with van der Waals surface area (Å²) in [6, 6.07) is 5.37. The van der Waals surface area contributed by atoms with Crippen molar-refractivity contribution in [3.63, 3.8) is 0 Å². The fraction of sp³-hybridized carbons (Fsp3) is 0.533. The Labute approximate surface area is 117 Å². The van der Waals surface area contributed by atoms with Gasteiger partial charge in [-0.25, -0.2) is 0 Å². The average Bonchev–Trinajstić information content (AvgIpc) is 2.39. The smallest absolute Gasteiger partial charge is 0.341 e. The molecule has 0 fully saturated rings. The number of halogens is 3. The van der Waals surface area contributed by atoms with Gasteiger partial charge in [0.15, 0.2) is 0 Å². The molecule has 0 saturated heterocycles. The van der Waals surface area contributed by atoms with E-state index in [-0.39, 0.29) is 23.9 Å². The van der Waals surface area contributed by atoms with Crippen LogP contribution < -0.4 is 0 Å². The molecule has 1 amide bonds. The van der Waals surface area contributed by atoms with E-state index >= 15 is 0 Å². The second-order valence-corrected chi connectivity index (χ2v) is 4.86. The minimum atomic E-state index is -4.39. The van der Waals surface area contributed by atoms with Gasteiger partial charge in [0.25, 0.3) is 0 Å². The first-order chi connectivity index (χ1) is 9.31. The van der Waals surface area contributed by atoms with Crippen molar-refractivity contribution in [1.82, 2.24) is 4.90 Å². The number of amides is 1. The lowest BCUT2D eigenvalue weighted by atomic mass is 10.0. The van der Waals surface area contributed by atoms with E-state index in [1.165, 1.54) is 17.0 Å². The first-order valence-corrected chi connectivity index (χ1v) is 6.71. The molecule has 112 valence electrons. The maximum atomic E-state index is 12.9. The van der Waals surface area contributed by atoms with Gasteiger partial charge in [0.1, 0.15) is 0 Å². The number of carbonyl (C=O) groups is 1. The van der Waals surface area contributed by atoms with Crippen LogP contribution in [0, 0.1) is 5.92 Å². The van der Waals surface area contributed by atoms with E-state index in [4.69, 9.17) is 0 Å². The summed E-state index contributed by atoms with van der Waals surface area (Å²) >= 11 is 0. The van der Waals surface area contributed by atoms with Crippen molar-refractivity contribution in [2.45, 2.75) is 39.4 Å². The Kier molecular flexibility index (Phi) is 5.60. The Bertz CT molecular complexity index is 453. The van der Waals surface area contributed by atoms with Crippen molar-refractivity contribution in [3.8, 4) is 0 Å². The number of hydrogen-bond acceptors (Lipinski definition) is 1. The molecule has 0 aromatic heterocycles. The molecule has 5 heteroatoms. The van der Waals surface area contributed by atoms with E-state index in [1.807, 2.05) is 13.8 Å². The molecule has 0 aliphatic heterocycles. The topological polar surface area (TPSA) is 20.3 Å². The van der Waals surface area contributed by atoms with Gasteiger partial charge in [0, 0.05) is 19.5 Å². The average molecular weight is 287 g/mol. The highest BCUT2D eigenvalue weighted by molar-refractivity contribution is 5.78. The highest BCUT2D eigenvalue weighted by Crippen LogP contribution is 2.32. The van der Waals surface area contributed by atoms with Gasteiger partial charge in [-0.1, -0.05) is 32.0 Å². The summed E-state index contributed by atoms with van der Waals surface area (Å²) in [6.07, 6.45) is -3.00. The third kappa shape index (κ3) is 3.99. The number of nitrogens with zero attached hydrogens (tertiary/aromatic N) is 1. The van der Waals surface area contributed by atoms with Crippen LogP contribution in [0.25, 0.3) is 0 Å². The van der Waals surface area contributed by atoms with E-state index in [0.29, 0.717) is 12.8 Å². The van der Waals surface area contributed by atoms with Crippen molar-refractivity contribution in [3.05, 3.63) is 35.4 Å². The largest absolute Gasteiger partial charge is 0.416 e. The molecule has 0 N–H and O–H groups in total. The Morgan fingerprint density at radius 1 is 1.20 bits per heavy atom. The SMILES string of the molecule is CCC(CC)C(=O)N(C)Cc1ccccc1C(F)(F)F. The lowest BCUT2D eigenvalue weighted by Gasteiger charge is -2.24. The van der Waals surface area contributed by atoms with Crippen LogP contribution in [0.4, 0.5) is 13.2 Å². The van der Waals surface area contributed by atoms with Crippen LogP contribution in [0.1, 0.15) is 37.8 Å². The molecule has 1 aromatic carbocycles. The molecule has 0 bridgehead atoms. The Morgan fingerprint density at radius 3 is 2.25 bits per heavy atom. The zero-order valence-electron chi connectivity index (χ0n) is 12.0. The van der Waals surface area contributed by atoms with Gasteiger partial charge in [0.05, 0.1) is 5.56 Å². The van der Waals surface area contributed by atoms with Crippen molar-refractivity contribution < 1.29 is 18.0 Å². The van der Waals surface area contributed by atoms with Crippen LogP contribution in [0.3, 0.4) is 0 Å². The first-order valence-electron chi connectivity index (χ1n) is 6.71. The van der Waals surface area contributed by atoms with Crippen LogP contribution in [-0.2, 0) is 17.5 Å². The van der Waals surface area contributed by atoms with Crippen molar-refractivity contribution >= 4 is 5.91 Å². The summed E-state index contributed by atoms with van der Waals surface area (Å²) in [5, 5.41) is 0. The van der Waals surface area contributed by atoms with Gasteiger partial charge >= 0.3 is 6.18 Å². The molecule has 0 unspecified atom stereocenters. The van der Waals surface area contributed by atoms with E-state index in [9.17, 15) is 18.0 Å². The van der Waals surface area contributed by atoms with Crippen LogP contribution >= 0.6 is 0 Å². The standard InChI is InChI=1S/C15H20F3NO/c1-4-11(5-2)14(20)19(3)10-12-8-6-7-9-13(12)15(16,17)18/h6-9,11H,4-5,10H2,1-3H3. The summed E-state index contributed by atoms with van der Waals surface area (Å²) in [4.78, 5) is 13.5. The second-order valence-electron chi connectivity index (χ2n) is 4.86. The maximum absolute atomic E-state index is 12.9. The monoisotopic (exact) mass is 287 g/mol. The van der Waals surface area contributed by atoms with Gasteiger partial charge in [-0.15, -0.1) is 0 Å². The predicted octanol–water partition coefficient (Wildman–Crippen LogP) is 4.10. The van der Waals surface area contributed by atoms with Crippen LogP contribution in [0.2, 0.25) is 0 Å². The molecule has 0 atom stereocenters. The second kappa shape index (κ2) is 6.77. The predicted molar refractivity (Wildman–Crippen MR) is 72.0 cm³/mol. The fourth-order valence-electron chi connectivity index (χ4n) is 2.22. The summed E-state index contributed by atoms with van der Waals surface area (Å²) in [5.41, 5.74) is -0.550. The van der Waals surface area contributed by atoms with Crippen LogP contribution in [0.5, 0.6) is 0 Å². The molecule has 0 aliphatic carbocycles. The quantitative estimate of drug-likeness (QED) is 0.798. The van der Waals surface area contributed by atoms with Gasteiger partial charge < -0.3 is 4.90 Å². The van der Waals surface area contributed by atoms with Gasteiger partial charge in [0.2, 0.25) is 5.91 Å². The normalized spacial score (nSPS) is 11.8. The lowest BCUT2D eigenvalue weighted by Crippen LogP contribution is -2.32. The molecule has 0 spiro atoms. The van der Waals surface area contributed by atoms with Crippen LogP contribution in [0.15, 0.2) is 24.3 Å². The van der Waals surface area contributed by atoms with Crippen LogP contribution in [-0.4, -0.2) is 17.9 Å². The fourth-order valence-corrected chi connectivity index (χ4v) is 2.22. The Morgan fingerprint density at radius 2 is 1.75 bits per heavy atom. The Hall–Kier alpha value is -1.52. The molecule has 1 rings (SSSR count). The molecule has 0 radical (unpaired) electrons. The lowest BCUT2D eigenvalue weighted by molar-refractivity contribution is -0.140. The summed E-state index contributed by atoms with van der Waals surface area (Å²) in [7, 11) is 1.55. The molecule has 0 heterocycles. The zero-order chi connectivity index (χ0) is 15.3. The molecule has 2 nitrogen and oxygen atoms in total. The molecule has 0 saturated carbocycles. The number of carbonyl (C=O) groups excluding carboxylic acids is 1. The summed E-state index contributed by atoms with van der Waals surface area (Å²) in [6.45, 7) is 3.79. The first kappa shape index (κ1) is 16.5.